The summed E-state index contributed by atoms with van der Waals surface area (Å²) in [6.07, 6.45) is 5.53. The first-order valence-corrected chi connectivity index (χ1v) is 11.1. The van der Waals surface area contributed by atoms with Gasteiger partial charge in [-0.3, -0.25) is 19.6 Å². The molecule has 0 unspecified atom stereocenters. The van der Waals surface area contributed by atoms with Gasteiger partial charge in [-0.15, -0.1) is 0 Å². The fraction of sp³-hybridized carbons (Fsp3) is 0.143. The molecule has 1 aliphatic carbocycles. The second-order valence-corrected chi connectivity index (χ2v) is 8.32. The molecule has 0 bridgehead atoms. The maximum Gasteiger partial charge on any atom is 0.255 e. The van der Waals surface area contributed by atoms with Crippen LogP contribution in [0.5, 0.6) is 0 Å². The number of nitrogens with zero attached hydrogens (tertiary/aromatic N) is 2. The van der Waals surface area contributed by atoms with Crippen LogP contribution in [0.1, 0.15) is 44.7 Å². The van der Waals surface area contributed by atoms with E-state index in [2.05, 4.69) is 32.4 Å². The molecule has 1 aliphatic rings. The van der Waals surface area contributed by atoms with Crippen LogP contribution in [-0.2, 0) is 0 Å². The number of aryl methyl sites for hydroxylation is 1. The fourth-order valence-corrected chi connectivity index (χ4v) is 3.49. The molecular weight excluding hydrogens is 424 g/mol. The molecule has 0 spiro atoms. The lowest BCUT2D eigenvalue weighted by Crippen LogP contribution is -2.15. The second-order valence-electron chi connectivity index (χ2n) is 8.32. The highest BCUT2D eigenvalue weighted by Crippen LogP contribution is 2.27. The van der Waals surface area contributed by atoms with Gasteiger partial charge in [0, 0.05) is 46.4 Å². The number of amides is 2. The Bertz CT molecular complexity index is 1480. The summed E-state index contributed by atoms with van der Waals surface area (Å²) in [4.78, 5) is 34.2. The molecule has 6 nitrogen and oxygen atoms in total. The van der Waals surface area contributed by atoms with Gasteiger partial charge in [0.05, 0.1) is 11.0 Å². The van der Waals surface area contributed by atoms with Crippen LogP contribution in [-0.4, -0.2) is 21.8 Å². The van der Waals surface area contributed by atoms with E-state index in [-0.39, 0.29) is 11.8 Å². The smallest absolute Gasteiger partial charge is 0.255 e. The second kappa shape index (κ2) is 9.16. The standard InChI is InChI=1S/C28H22N4O2/c1-18-5-11-23(31-27(33)21-4-2-3-20(15-21)9-8-19-6-7-19)17-25(18)32-28(34)22-10-12-24-26(16-22)30-14-13-29-24/h2-5,10-17,19H,6-7H2,1H3,(H,31,33)(H,32,34). The Balaban J connectivity index is 1.31. The minimum Gasteiger partial charge on any atom is -0.322 e. The zero-order valence-corrected chi connectivity index (χ0v) is 18.6. The van der Waals surface area contributed by atoms with Gasteiger partial charge in [-0.2, -0.15) is 0 Å². The van der Waals surface area contributed by atoms with Gasteiger partial charge >= 0.3 is 0 Å². The zero-order valence-electron chi connectivity index (χ0n) is 18.6. The Morgan fingerprint density at radius 1 is 0.853 bits per heavy atom. The molecule has 6 heteroatoms. The number of aromatic nitrogens is 2. The van der Waals surface area contributed by atoms with Crippen LogP contribution in [0.4, 0.5) is 11.4 Å². The van der Waals surface area contributed by atoms with E-state index in [4.69, 9.17) is 0 Å². The van der Waals surface area contributed by atoms with E-state index in [1.54, 1.807) is 48.8 Å². The van der Waals surface area contributed by atoms with Gasteiger partial charge in [-0.25, -0.2) is 0 Å². The van der Waals surface area contributed by atoms with Crippen molar-refractivity contribution in [2.24, 2.45) is 5.92 Å². The predicted molar refractivity (Wildman–Crippen MR) is 133 cm³/mol. The summed E-state index contributed by atoms with van der Waals surface area (Å²) in [6.45, 7) is 1.90. The quantitative estimate of drug-likeness (QED) is 0.422. The third kappa shape index (κ3) is 4.94. The number of carbonyl (C=O) groups excluding carboxylic acids is 2. The van der Waals surface area contributed by atoms with E-state index in [1.165, 1.54) is 0 Å². The average molecular weight is 447 g/mol. The van der Waals surface area contributed by atoms with Crippen molar-refractivity contribution in [3.05, 3.63) is 95.3 Å². The molecule has 1 aromatic heterocycles. The number of anilines is 2. The van der Waals surface area contributed by atoms with Gasteiger partial charge in [0.25, 0.3) is 11.8 Å². The molecule has 5 rings (SSSR count). The van der Waals surface area contributed by atoms with Crippen molar-refractivity contribution in [3.63, 3.8) is 0 Å². The maximum absolute atomic E-state index is 12.9. The largest absolute Gasteiger partial charge is 0.322 e. The van der Waals surface area contributed by atoms with Gasteiger partial charge < -0.3 is 10.6 Å². The lowest BCUT2D eigenvalue weighted by Gasteiger charge is -2.12. The van der Waals surface area contributed by atoms with Crippen molar-refractivity contribution in [1.29, 1.82) is 0 Å². The zero-order chi connectivity index (χ0) is 23.5. The Morgan fingerprint density at radius 3 is 2.44 bits per heavy atom. The van der Waals surface area contributed by atoms with Crippen molar-refractivity contribution in [2.75, 3.05) is 10.6 Å². The first-order valence-electron chi connectivity index (χ1n) is 11.1. The number of hydrogen-bond donors (Lipinski definition) is 2. The van der Waals surface area contributed by atoms with Crippen molar-refractivity contribution < 1.29 is 9.59 Å². The van der Waals surface area contributed by atoms with Gasteiger partial charge in [0.2, 0.25) is 0 Å². The summed E-state index contributed by atoms with van der Waals surface area (Å²) < 4.78 is 0. The topological polar surface area (TPSA) is 84.0 Å². The monoisotopic (exact) mass is 446 g/mol. The van der Waals surface area contributed by atoms with E-state index in [1.807, 2.05) is 31.2 Å². The van der Waals surface area contributed by atoms with Gasteiger partial charge in [-0.1, -0.05) is 24.0 Å². The molecule has 2 N–H and O–H groups in total. The SMILES string of the molecule is Cc1ccc(NC(=O)c2cccc(C#CC3CC3)c2)cc1NC(=O)c1ccc2nccnc2c1. The van der Waals surface area contributed by atoms with Crippen molar-refractivity contribution >= 4 is 34.2 Å². The van der Waals surface area contributed by atoms with E-state index in [9.17, 15) is 9.59 Å². The number of carbonyl (C=O) groups is 2. The van der Waals surface area contributed by atoms with E-state index >= 15 is 0 Å². The van der Waals surface area contributed by atoms with Crippen molar-refractivity contribution in [1.82, 2.24) is 9.97 Å². The van der Waals surface area contributed by atoms with E-state index in [0.717, 1.165) is 29.5 Å². The molecular formula is C28H22N4O2. The lowest BCUT2D eigenvalue weighted by molar-refractivity contribution is 0.101. The Morgan fingerprint density at radius 2 is 1.62 bits per heavy atom. The van der Waals surface area contributed by atoms with Gasteiger partial charge in [-0.05, 0) is 73.9 Å². The van der Waals surface area contributed by atoms with Crippen molar-refractivity contribution in [2.45, 2.75) is 19.8 Å². The molecule has 0 atom stereocenters. The van der Waals surface area contributed by atoms with Crippen LogP contribution in [0, 0.1) is 24.7 Å². The molecule has 1 saturated carbocycles. The summed E-state index contributed by atoms with van der Waals surface area (Å²) in [5.41, 5.74) is 5.30. The highest BCUT2D eigenvalue weighted by molar-refractivity contribution is 6.07. The van der Waals surface area contributed by atoms with Crippen LogP contribution < -0.4 is 10.6 Å². The molecule has 4 aromatic rings. The first kappa shape index (κ1) is 21.4. The summed E-state index contributed by atoms with van der Waals surface area (Å²) in [5, 5.41) is 5.84. The van der Waals surface area contributed by atoms with Crippen LogP contribution >= 0.6 is 0 Å². The molecule has 0 aliphatic heterocycles. The summed E-state index contributed by atoms with van der Waals surface area (Å²) >= 11 is 0. The average Bonchev–Trinajstić information content (AvgIpc) is 3.69. The van der Waals surface area contributed by atoms with Crippen LogP contribution in [0.25, 0.3) is 11.0 Å². The van der Waals surface area contributed by atoms with E-state index in [0.29, 0.717) is 33.9 Å². The van der Waals surface area contributed by atoms with E-state index < -0.39 is 0 Å². The predicted octanol–water partition coefficient (Wildman–Crippen LogP) is 5.20. The third-order valence-corrected chi connectivity index (χ3v) is 5.60. The first-order chi connectivity index (χ1) is 16.5. The highest BCUT2D eigenvalue weighted by atomic mass is 16.2. The Kier molecular flexibility index (Phi) is 5.75. The summed E-state index contributed by atoms with van der Waals surface area (Å²) in [5.74, 6) is 6.37. The number of rotatable bonds is 4. The molecule has 0 radical (unpaired) electrons. The lowest BCUT2D eigenvalue weighted by atomic mass is 10.1. The molecule has 166 valence electrons. The third-order valence-electron chi connectivity index (χ3n) is 5.60. The van der Waals surface area contributed by atoms with Crippen LogP contribution in [0.2, 0.25) is 0 Å². The number of hydrogen-bond acceptors (Lipinski definition) is 4. The number of benzene rings is 3. The van der Waals surface area contributed by atoms with Gasteiger partial charge in [0.15, 0.2) is 0 Å². The summed E-state index contributed by atoms with van der Waals surface area (Å²) in [7, 11) is 0. The molecule has 1 fully saturated rings. The highest BCUT2D eigenvalue weighted by Gasteiger charge is 2.18. The molecule has 1 heterocycles. The molecule has 34 heavy (non-hydrogen) atoms. The molecule has 2 amide bonds. The minimum absolute atomic E-state index is 0.232. The molecule has 0 saturated heterocycles. The Labute approximate surface area is 197 Å². The minimum atomic E-state index is -0.263. The number of fused-ring (bicyclic) bond motifs is 1. The van der Waals surface area contributed by atoms with Crippen LogP contribution in [0.3, 0.4) is 0 Å². The maximum atomic E-state index is 12.9. The normalized spacial score (nSPS) is 12.5. The fourth-order valence-electron chi connectivity index (χ4n) is 3.49. The van der Waals surface area contributed by atoms with Crippen molar-refractivity contribution in [3.8, 4) is 11.8 Å². The summed E-state index contributed by atoms with van der Waals surface area (Å²) in [6, 6.07) is 17.9. The molecule has 3 aromatic carbocycles. The number of nitrogens with one attached hydrogen (secondary N) is 2. The van der Waals surface area contributed by atoms with Crippen LogP contribution in [0.15, 0.2) is 73.1 Å². The Hall–Kier alpha value is -4.50. The van der Waals surface area contributed by atoms with Gasteiger partial charge in [0.1, 0.15) is 0 Å².